The molecule has 2 heterocycles. The molecular weight excluding hydrogens is 354 g/mol. The maximum atomic E-state index is 12.5. The lowest BCUT2D eigenvalue weighted by atomic mass is 9.78. The second kappa shape index (κ2) is 9.07. The van der Waals surface area contributed by atoms with Crippen molar-refractivity contribution in [3.8, 4) is 5.75 Å². The Kier molecular flexibility index (Phi) is 6.79. The van der Waals surface area contributed by atoms with Crippen molar-refractivity contribution in [1.29, 1.82) is 0 Å². The highest BCUT2D eigenvalue weighted by Gasteiger charge is 2.46. The van der Waals surface area contributed by atoms with Crippen LogP contribution in [0.1, 0.15) is 32.6 Å². The number of carbonyl (C=O) groups is 1. The van der Waals surface area contributed by atoms with Gasteiger partial charge in [-0.25, -0.2) is 0 Å². The van der Waals surface area contributed by atoms with Gasteiger partial charge in [0.05, 0.1) is 5.60 Å². The van der Waals surface area contributed by atoms with E-state index in [4.69, 9.17) is 25.8 Å². The predicted octanol–water partition coefficient (Wildman–Crippen LogP) is 3.54. The van der Waals surface area contributed by atoms with Gasteiger partial charge in [0, 0.05) is 37.9 Å². The quantitative estimate of drug-likeness (QED) is 0.678. The lowest BCUT2D eigenvalue weighted by Crippen LogP contribution is -2.50. The van der Waals surface area contributed by atoms with E-state index in [0.29, 0.717) is 16.7 Å². The Morgan fingerprint density at radius 3 is 2.92 bits per heavy atom. The van der Waals surface area contributed by atoms with Crippen LogP contribution in [0.15, 0.2) is 24.3 Å². The number of piperidine rings is 1. The molecule has 0 N–H and O–H groups in total. The summed E-state index contributed by atoms with van der Waals surface area (Å²) in [5.74, 6) is 1.17. The van der Waals surface area contributed by atoms with E-state index in [1.54, 1.807) is 18.2 Å². The minimum absolute atomic E-state index is 0.0173. The normalized spacial score (nSPS) is 21.9. The van der Waals surface area contributed by atoms with Crippen LogP contribution in [-0.2, 0) is 14.3 Å². The zero-order valence-electron chi connectivity index (χ0n) is 15.4. The molecule has 144 valence electrons. The lowest BCUT2D eigenvalue weighted by Gasteiger charge is -2.42. The Morgan fingerprint density at radius 1 is 1.38 bits per heavy atom. The maximum Gasteiger partial charge on any atom is 0.260 e. The van der Waals surface area contributed by atoms with Gasteiger partial charge in [0.2, 0.25) is 0 Å². The second-order valence-corrected chi connectivity index (χ2v) is 7.45. The number of nitrogens with zero attached hydrogens (tertiary/aromatic N) is 1. The number of carbonyl (C=O) groups excluding carboxylic acids is 1. The molecule has 1 aromatic carbocycles. The zero-order chi connectivity index (χ0) is 18.4. The van der Waals surface area contributed by atoms with Crippen molar-refractivity contribution in [2.24, 2.45) is 5.92 Å². The van der Waals surface area contributed by atoms with Crippen LogP contribution in [0, 0.1) is 5.92 Å². The first-order valence-electron chi connectivity index (χ1n) is 9.51. The van der Waals surface area contributed by atoms with E-state index in [2.05, 4.69) is 0 Å². The molecule has 1 aromatic rings. The number of halogens is 1. The van der Waals surface area contributed by atoms with Crippen LogP contribution in [0.2, 0.25) is 5.02 Å². The molecule has 2 aliphatic rings. The summed E-state index contributed by atoms with van der Waals surface area (Å²) < 4.78 is 17.3. The lowest BCUT2D eigenvalue weighted by molar-refractivity contribution is -0.139. The Bertz CT molecular complexity index is 601. The number of rotatable bonds is 7. The summed E-state index contributed by atoms with van der Waals surface area (Å²) in [6, 6.07) is 7.12. The molecule has 0 aliphatic carbocycles. The summed E-state index contributed by atoms with van der Waals surface area (Å²) in [7, 11) is 0. The molecule has 0 bridgehead atoms. The molecule has 6 heteroatoms. The smallest absolute Gasteiger partial charge is 0.260 e. The summed E-state index contributed by atoms with van der Waals surface area (Å²) in [4.78, 5) is 14.3. The van der Waals surface area contributed by atoms with Gasteiger partial charge in [0.25, 0.3) is 5.91 Å². The molecule has 26 heavy (non-hydrogen) atoms. The van der Waals surface area contributed by atoms with E-state index in [9.17, 15) is 4.79 Å². The van der Waals surface area contributed by atoms with Gasteiger partial charge in [-0.3, -0.25) is 4.79 Å². The Labute approximate surface area is 160 Å². The molecule has 1 amide bonds. The number of hydrogen-bond acceptors (Lipinski definition) is 4. The van der Waals surface area contributed by atoms with Crippen LogP contribution in [0.3, 0.4) is 0 Å². The number of benzene rings is 1. The van der Waals surface area contributed by atoms with Crippen molar-refractivity contribution in [3.05, 3.63) is 29.3 Å². The van der Waals surface area contributed by atoms with E-state index in [1.165, 1.54) is 0 Å². The van der Waals surface area contributed by atoms with Crippen LogP contribution < -0.4 is 4.74 Å². The van der Waals surface area contributed by atoms with Gasteiger partial charge in [-0.1, -0.05) is 17.7 Å². The first-order chi connectivity index (χ1) is 12.6. The van der Waals surface area contributed by atoms with Crippen molar-refractivity contribution >= 4 is 17.5 Å². The first-order valence-corrected chi connectivity index (χ1v) is 9.88. The van der Waals surface area contributed by atoms with E-state index in [1.807, 2.05) is 17.9 Å². The Morgan fingerprint density at radius 2 is 2.19 bits per heavy atom. The fourth-order valence-corrected chi connectivity index (χ4v) is 4.22. The first kappa shape index (κ1) is 19.5. The third-order valence-electron chi connectivity index (χ3n) is 5.54. The summed E-state index contributed by atoms with van der Waals surface area (Å²) in [6.45, 7) is 5.89. The second-order valence-electron chi connectivity index (χ2n) is 7.01. The van der Waals surface area contributed by atoms with Crippen molar-refractivity contribution in [3.63, 3.8) is 0 Å². The molecule has 0 aromatic heterocycles. The molecule has 0 radical (unpaired) electrons. The van der Waals surface area contributed by atoms with Gasteiger partial charge < -0.3 is 19.1 Å². The summed E-state index contributed by atoms with van der Waals surface area (Å²) in [6.07, 6.45) is 3.93. The van der Waals surface area contributed by atoms with Crippen LogP contribution in [-0.4, -0.2) is 55.9 Å². The maximum absolute atomic E-state index is 12.5. The van der Waals surface area contributed by atoms with E-state index < -0.39 is 0 Å². The summed E-state index contributed by atoms with van der Waals surface area (Å²) >= 11 is 5.94. The highest BCUT2D eigenvalue weighted by atomic mass is 35.5. The van der Waals surface area contributed by atoms with Crippen molar-refractivity contribution < 1.29 is 19.0 Å². The monoisotopic (exact) mass is 381 g/mol. The minimum atomic E-state index is -0.0678. The van der Waals surface area contributed by atoms with Crippen LogP contribution >= 0.6 is 11.6 Å². The molecule has 1 atom stereocenters. The number of amides is 1. The van der Waals surface area contributed by atoms with Gasteiger partial charge in [0.1, 0.15) is 5.75 Å². The SMILES string of the molecule is CCOCC[C@H]1CCOC12CCN(C(=O)COc1cccc(Cl)c1)CC2. The third-order valence-corrected chi connectivity index (χ3v) is 5.77. The Balaban J connectivity index is 1.47. The summed E-state index contributed by atoms with van der Waals surface area (Å²) in [5.41, 5.74) is -0.0678. The fraction of sp³-hybridized carbons (Fsp3) is 0.650. The minimum Gasteiger partial charge on any atom is -0.484 e. The van der Waals surface area contributed by atoms with Crippen LogP contribution in [0.5, 0.6) is 5.75 Å². The molecule has 0 unspecified atom stereocenters. The van der Waals surface area contributed by atoms with E-state index in [0.717, 1.165) is 58.6 Å². The third kappa shape index (κ3) is 4.70. The summed E-state index contributed by atoms with van der Waals surface area (Å²) in [5, 5.41) is 0.603. The molecule has 2 fully saturated rings. The molecule has 5 nitrogen and oxygen atoms in total. The average Bonchev–Trinajstić information content (AvgIpc) is 3.03. The number of hydrogen-bond donors (Lipinski definition) is 0. The molecule has 0 saturated carbocycles. The van der Waals surface area contributed by atoms with E-state index in [-0.39, 0.29) is 18.1 Å². The van der Waals surface area contributed by atoms with Gasteiger partial charge in [-0.2, -0.15) is 0 Å². The number of likely N-dealkylation sites (tertiary alicyclic amines) is 1. The molecule has 2 aliphatic heterocycles. The van der Waals surface area contributed by atoms with Gasteiger partial charge in [-0.15, -0.1) is 0 Å². The molecular formula is C20H28ClNO4. The van der Waals surface area contributed by atoms with Crippen molar-refractivity contribution in [2.45, 2.75) is 38.2 Å². The van der Waals surface area contributed by atoms with Gasteiger partial charge in [0.15, 0.2) is 6.61 Å². The van der Waals surface area contributed by atoms with Gasteiger partial charge in [-0.05, 0) is 56.7 Å². The highest BCUT2D eigenvalue weighted by molar-refractivity contribution is 6.30. The van der Waals surface area contributed by atoms with Crippen LogP contribution in [0.25, 0.3) is 0 Å². The molecule has 2 saturated heterocycles. The standard InChI is InChI=1S/C20H28ClNO4/c1-2-24-12-6-16-7-13-26-20(16)8-10-22(11-9-20)19(23)15-25-18-5-3-4-17(21)14-18/h3-5,14,16H,2,6-13,15H2,1H3/t16-/m0/s1. The van der Waals surface area contributed by atoms with Crippen LogP contribution in [0.4, 0.5) is 0 Å². The largest absolute Gasteiger partial charge is 0.484 e. The average molecular weight is 382 g/mol. The highest BCUT2D eigenvalue weighted by Crippen LogP contribution is 2.42. The fourth-order valence-electron chi connectivity index (χ4n) is 4.04. The Hall–Kier alpha value is -1.30. The topological polar surface area (TPSA) is 48.0 Å². The zero-order valence-corrected chi connectivity index (χ0v) is 16.2. The van der Waals surface area contributed by atoms with Crippen molar-refractivity contribution in [1.82, 2.24) is 4.90 Å². The number of ether oxygens (including phenoxy) is 3. The van der Waals surface area contributed by atoms with E-state index >= 15 is 0 Å². The van der Waals surface area contributed by atoms with Gasteiger partial charge >= 0.3 is 0 Å². The predicted molar refractivity (Wildman–Crippen MR) is 101 cm³/mol. The molecule has 3 rings (SSSR count). The van der Waals surface area contributed by atoms with Crippen molar-refractivity contribution in [2.75, 3.05) is 39.5 Å². The molecule has 1 spiro atoms.